The summed E-state index contributed by atoms with van der Waals surface area (Å²) in [4.78, 5) is 22.8. The van der Waals surface area contributed by atoms with E-state index in [9.17, 15) is 19.4 Å². The Balaban J connectivity index is 4.02. The second-order valence-electron chi connectivity index (χ2n) is 16.8. The third-order valence-corrected chi connectivity index (χ3v) is 11.2. The number of amides is 1. The molecule has 0 spiro atoms. The number of nitrogens with zero attached hydrogens (tertiary/aromatic N) is 1. The number of nitrogens with one attached hydrogen (secondary N) is 1. The van der Waals surface area contributed by atoms with Crippen LogP contribution in [0.5, 0.6) is 0 Å². The van der Waals surface area contributed by atoms with Gasteiger partial charge in [-0.15, -0.1) is 0 Å². The van der Waals surface area contributed by atoms with Crippen molar-refractivity contribution in [2.75, 3.05) is 40.9 Å². The molecule has 3 unspecified atom stereocenters. The first-order valence-corrected chi connectivity index (χ1v) is 24.1. The molecule has 316 valence electrons. The molecule has 0 aliphatic rings. The minimum atomic E-state index is -4.32. The summed E-state index contributed by atoms with van der Waals surface area (Å²) in [5, 5.41) is 13.7. The topological polar surface area (TPSA) is 105 Å². The number of quaternary nitrogens is 1. The number of carbonyl (C=O) groups is 1. The lowest BCUT2D eigenvalue weighted by molar-refractivity contribution is -0.870. The lowest BCUT2D eigenvalue weighted by atomic mass is 10.0. The van der Waals surface area contributed by atoms with Crippen molar-refractivity contribution in [3.8, 4) is 0 Å². The van der Waals surface area contributed by atoms with E-state index in [2.05, 4.69) is 19.2 Å². The Morgan fingerprint density at radius 2 is 1.00 bits per heavy atom. The van der Waals surface area contributed by atoms with Gasteiger partial charge in [-0.05, 0) is 19.3 Å². The zero-order valence-electron chi connectivity index (χ0n) is 35.8. The van der Waals surface area contributed by atoms with Crippen molar-refractivity contribution in [1.29, 1.82) is 0 Å². The Hall–Kier alpha value is -0.760. The number of aliphatic hydroxyl groups excluding tert-OH is 1. The monoisotopic (exact) mass is 774 g/mol. The Kier molecular flexibility index (Phi) is 36.3. The molecule has 0 aromatic heterocycles. The average Bonchev–Trinajstić information content (AvgIpc) is 3.10. The summed E-state index contributed by atoms with van der Waals surface area (Å²) in [5.74, 6) is -0.189. The number of likely N-dealkylation sites (N-methyl/N-ethyl adjacent to an activating group) is 1. The number of carbonyl (C=O) groups excluding carboxylic acids is 1. The van der Waals surface area contributed by atoms with Gasteiger partial charge in [-0.3, -0.25) is 13.8 Å². The highest BCUT2D eigenvalue weighted by Crippen LogP contribution is 2.43. The standard InChI is InChI=1S/C44H89N2O6P/c1-6-8-10-12-13-14-15-16-17-18-19-20-21-22-23-24-25-26-27-28-29-30-31-32-34-35-37-43(47)42(45-44(48)38-36-33-11-9-7-2)41-52-53(49,50)51-40-39-46(3,4)5/h35,37,42-43,47H,6-34,36,38-41H2,1-5H3,(H-,45,48,49,50)/p+1/b37-35+. The highest BCUT2D eigenvalue weighted by Gasteiger charge is 2.27. The summed E-state index contributed by atoms with van der Waals surface area (Å²) in [7, 11) is 1.58. The Labute approximate surface area is 329 Å². The molecular formula is C44H90N2O6P+. The van der Waals surface area contributed by atoms with E-state index in [1.54, 1.807) is 6.08 Å². The van der Waals surface area contributed by atoms with E-state index >= 15 is 0 Å². The normalized spacial score (nSPS) is 14.5. The van der Waals surface area contributed by atoms with Gasteiger partial charge in [0.15, 0.2) is 0 Å². The first-order valence-electron chi connectivity index (χ1n) is 22.6. The zero-order chi connectivity index (χ0) is 39.3. The van der Waals surface area contributed by atoms with Crippen molar-refractivity contribution >= 4 is 13.7 Å². The highest BCUT2D eigenvalue weighted by atomic mass is 31.2. The molecule has 0 saturated heterocycles. The van der Waals surface area contributed by atoms with E-state index in [0.717, 1.165) is 44.9 Å². The molecule has 0 radical (unpaired) electrons. The van der Waals surface area contributed by atoms with E-state index < -0.39 is 20.0 Å². The van der Waals surface area contributed by atoms with Gasteiger partial charge in [0.1, 0.15) is 13.2 Å². The fourth-order valence-corrected chi connectivity index (χ4v) is 7.37. The van der Waals surface area contributed by atoms with Crippen LogP contribution in [-0.4, -0.2) is 73.4 Å². The van der Waals surface area contributed by atoms with E-state index in [1.807, 2.05) is 27.2 Å². The molecule has 1 amide bonds. The fourth-order valence-electron chi connectivity index (χ4n) is 6.63. The van der Waals surface area contributed by atoms with Crippen molar-refractivity contribution in [2.45, 2.75) is 225 Å². The lowest BCUT2D eigenvalue weighted by Gasteiger charge is -2.25. The van der Waals surface area contributed by atoms with Crippen LogP contribution in [0.3, 0.4) is 0 Å². The summed E-state index contributed by atoms with van der Waals surface area (Å²) in [6.45, 7) is 4.73. The molecule has 9 heteroatoms. The molecule has 0 saturated carbocycles. The van der Waals surface area contributed by atoms with Crippen LogP contribution in [0.1, 0.15) is 213 Å². The molecule has 0 bridgehead atoms. The van der Waals surface area contributed by atoms with Crippen molar-refractivity contribution in [3.05, 3.63) is 12.2 Å². The van der Waals surface area contributed by atoms with Gasteiger partial charge in [-0.1, -0.05) is 199 Å². The lowest BCUT2D eigenvalue weighted by Crippen LogP contribution is -2.45. The molecule has 0 aliphatic heterocycles. The highest BCUT2D eigenvalue weighted by molar-refractivity contribution is 7.47. The van der Waals surface area contributed by atoms with Gasteiger partial charge in [-0.25, -0.2) is 4.57 Å². The Morgan fingerprint density at radius 3 is 1.40 bits per heavy atom. The van der Waals surface area contributed by atoms with Crippen LogP contribution in [0.25, 0.3) is 0 Å². The molecular weight excluding hydrogens is 683 g/mol. The third kappa shape index (κ3) is 39.3. The number of phosphoric acid groups is 1. The molecule has 3 N–H and O–H groups in total. The molecule has 0 aromatic carbocycles. The predicted octanol–water partition coefficient (Wildman–Crippen LogP) is 12.4. The summed E-state index contributed by atoms with van der Waals surface area (Å²) in [5.41, 5.74) is 0. The maximum Gasteiger partial charge on any atom is 0.472 e. The van der Waals surface area contributed by atoms with Crippen molar-refractivity contribution < 1.29 is 32.9 Å². The average molecular weight is 774 g/mol. The fraction of sp³-hybridized carbons (Fsp3) is 0.932. The molecule has 0 aliphatic carbocycles. The molecule has 0 rings (SSSR count). The smallest absolute Gasteiger partial charge is 0.387 e. The first kappa shape index (κ1) is 52.2. The number of hydrogen-bond acceptors (Lipinski definition) is 5. The van der Waals surface area contributed by atoms with Crippen LogP contribution < -0.4 is 5.32 Å². The number of allylic oxidation sites excluding steroid dienone is 1. The van der Waals surface area contributed by atoms with Crippen LogP contribution in [0.2, 0.25) is 0 Å². The maximum atomic E-state index is 12.6. The van der Waals surface area contributed by atoms with Crippen molar-refractivity contribution in [1.82, 2.24) is 5.32 Å². The number of phosphoric ester groups is 1. The minimum Gasteiger partial charge on any atom is -0.387 e. The van der Waals surface area contributed by atoms with E-state index in [0.29, 0.717) is 17.4 Å². The second-order valence-corrected chi connectivity index (χ2v) is 18.2. The molecule has 0 aromatic rings. The zero-order valence-corrected chi connectivity index (χ0v) is 36.7. The number of hydrogen-bond donors (Lipinski definition) is 3. The first-order chi connectivity index (χ1) is 25.5. The second kappa shape index (κ2) is 36.9. The van der Waals surface area contributed by atoms with Crippen molar-refractivity contribution in [2.24, 2.45) is 0 Å². The van der Waals surface area contributed by atoms with E-state index in [-0.39, 0.29) is 19.1 Å². The van der Waals surface area contributed by atoms with Gasteiger partial charge in [0.05, 0.1) is 39.9 Å². The van der Waals surface area contributed by atoms with Gasteiger partial charge in [-0.2, -0.15) is 0 Å². The Bertz CT molecular complexity index is 880. The number of unbranched alkanes of at least 4 members (excludes halogenated alkanes) is 28. The number of aliphatic hydroxyl groups is 1. The third-order valence-electron chi connectivity index (χ3n) is 10.3. The molecule has 3 atom stereocenters. The number of rotatable bonds is 41. The maximum absolute atomic E-state index is 12.6. The van der Waals surface area contributed by atoms with Crippen LogP contribution in [0, 0.1) is 0 Å². The van der Waals surface area contributed by atoms with E-state index in [1.165, 1.54) is 148 Å². The summed E-state index contributed by atoms with van der Waals surface area (Å²) in [6.07, 6.45) is 42.0. The summed E-state index contributed by atoms with van der Waals surface area (Å²) in [6, 6.07) is -0.837. The van der Waals surface area contributed by atoms with Crippen LogP contribution in [0.4, 0.5) is 0 Å². The molecule has 8 nitrogen and oxygen atoms in total. The van der Waals surface area contributed by atoms with Gasteiger partial charge >= 0.3 is 7.82 Å². The van der Waals surface area contributed by atoms with Gasteiger partial charge in [0, 0.05) is 6.42 Å². The minimum absolute atomic E-state index is 0.0636. The van der Waals surface area contributed by atoms with Crippen LogP contribution in [-0.2, 0) is 18.4 Å². The van der Waals surface area contributed by atoms with Crippen molar-refractivity contribution in [3.63, 3.8) is 0 Å². The van der Waals surface area contributed by atoms with Crippen LogP contribution >= 0.6 is 7.82 Å². The molecule has 0 heterocycles. The summed E-state index contributed by atoms with van der Waals surface area (Å²) < 4.78 is 23.4. The van der Waals surface area contributed by atoms with Gasteiger partial charge in [0.25, 0.3) is 0 Å². The van der Waals surface area contributed by atoms with Gasteiger partial charge < -0.3 is 19.8 Å². The predicted molar refractivity (Wildman–Crippen MR) is 226 cm³/mol. The molecule has 0 fully saturated rings. The van der Waals surface area contributed by atoms with Gasteiger partial charge in [0.2, 0.25) is 5.91 Å². The molecule has 53 heavy (non-hydrogen) atoms. The Morgan fingerprint density at radius 1 is 0.623 bits per heavy atom. The van der Waals surface area contributed by atoms with Crippen LogP contribution in [0.15, 0.2) is 12.2 Å². The largest absolute Gasteiger partial charge is 0.472 e. The summed E-state index contributed by atoms with van der Waals surface area (Å²) >= 11 is 0. The van der Waals surface area contributed by atoms with E-state index in [4.69, 9.17) is 9.05 Å². The SMILES string of the molecule is CCCCCCCCCCCCCCCCCCCCCCCCCC/C=C/C(O)C(COP(=O)(O)OCC[N+](C)(C)C)NC(=O)CCCCCCC. The quantitative estimate of drug-likeness (QED) is 0.0247.